The molecule has 2 aromatic rings. The Kier molecular flexibility index (Phi) is 5.81. The van der Waals surface area contributed by atoms with E-state index in [4.69, 9.17) is 21.1 Å². The van der Waals surface area contributed by atoms with Gasteiger partial charge in [-0.15, -0.1) is 0 Å². The molecule has 1 spiro atoms. The van der Waals surface area contributed by atoms with Gasteiger partial charge in [0.25, 0.3) is 0 Å². The molecule has 0 radical (unpaired) electrons. The van der Waals surface area contributed by atoms with Gasteiger partial charge in [0.1, 0.15) is 5.75 Å². The number of anilines is 1. The number of fused-ring (bicyclic) bond motifs is 2. The van der Waals surface area contributed by atoms with Crippen molar-refractivity contribution < 1.29 is 14.3 Å². The molecule has 1 heterocycles. The Morgan fingerprint density at radius 3 is 2.58 bits per heavy atom. The van der Waals surface area contributed by atoms with E-state index in [0.29, 0.717) is 23.2 Å². The van der Waals surface area contributed by atoms with Gasteiger partial charge in [-0.2, -0.15) is 0 Å². The normalized spacial score (nSPS) is 24.0. The Morgan fingerprint density at radius 2 is 1.81 bits per heavy atom. The second kappa shape index (κ2) is 8.71. The standard InChI is InChI=1S/C25H29ClN2O3/c26-20-9-10-21(22-23(20)27-24(29)28-25(22)11-5-2-6-12-25)31-19-13-18(14-19)16-30-15-17-7-3-1-4-8-17/h1,3-4,7-10,18-19H,2,5-6,11-16H2,(H2,27,28,29)/t18-,19+. The van der Waals surface area contributed by atoms with Crippen molar-refractivity contribution in [1.82, 2.24) is 5.32 Å². The van der Waals surface area contributed by atoms with Crippen molar-refractivity contribution >= 4 is 23.3 Å². The van der Waals surface area contributed by atoms with Crippen LogP contribution in [0, 0.1) is 5.92 Å². The van der Waals surface area contributed by atoms with E-state index in [-0.39, 0.29) is 17.7 Å². The smallest absolute Gasteiger partial charge is 0.319 e. The van der Waals surface area contributed by atoms with Gasteiger partial charge >= 0.3 is 6.03 Å². The minimum Gasteiger partial charge on any atom is -0.490 e. The molecule has 31 heavy (non-hydrogen) atoms. The Morgan fingerprint density at radius 1 is 1.03 bits per heavy atom. The lowest BCUT2D eigenvalue weighted by molar-refractivity contribution is -0.00355. The van der Waals surface area contributed by atoms with Gasteiger partial charge in [-0.25, -0.2) is 4.79 Å². The maximum Gasteiger partial charge on any atom is 0.319 e. The number of carbonyl (C=O) groups is 1. The molecule has 3 aliphatic rings. The van der Waals surface area contributed by atoms with Crippen LogP contribution in [-0.2, 0) is 16.9 Å². The molecule has 164 valence electrons. The van der Waals surface area contributed by atoms with Gasteiger partial charge in [-0.3, -0.25) is 0 Å². The molecule has 2 amide bonds. The first kappa shape index (κ1) is 20.7. The number of urea groups is 1. The number of ether oxygens (including phenoxy) is 2. The predicted octanol–water partition coefficient (Wildman–Crippen LogP) is 6.01. The van der Waals surface area contributed by atoms with Gasteiger partial charge in [-0.05, 0) is 49.3 Å². The third-order valence-corrected chi connectivity index (χ3v) is 7.16. The third-order valence-electron chi connectivity index (χ3n) is 6.84. The molecule has 2 aliphatic carbocycles. The summed E-state index contributed by atoms with van der Waals surface area (Å²) in [7, 11) is 0. The molecule has 0 aromatic heterocycles. The van der Waals surface area contributed by atoms with E-state index in [1.807, 2.05) is 30.3 Å². The Hall–Kier alpha value is -2.24. The Labute approximate surface area is 188 Å². The monoisotopic (exact) mass is 440 g/mol. The van der Waals surface area contributed by atoms with Gasteiger partial charge in [0.05, 0.1) is 35.6 Å². The van der Waals surface area contributed by atoms with E-state index in [2.05, 4.69) is 22.8 Å². The fraction of sp³-hybridized carbons (Fsp3) is 0.480. The van der Waals surface area contributed by atoms with Crippen LogP contribution in [0.15, 0.2) is 42.5 Å². The van der Waals surface area contributed by atoms with E-state index in [9.17, 15) is 4.79 Å². The first-order valence-corrected chi connectivity index (χ1v) is 11.7. The highest BCUT2D eigenvalue weighted by atomic mass is 35.5. The molecule has 0 atom stereocenters. The summed E-state index contributed by atoms with van der Waals surface area (Å²) in [5, 5.41) is 6.70. The summed E-state index contributed by atoms with van der Waals surface area (Å²) >= 11 is 6.48. The van der Waals surface area contributed by atoms with Crippen molar-refractivity contribution in [3.05, 3.63) is 58.6 Å². The summed E-state index contributed by atoms with van der Waals surface area (Å²) in [6.07, 6.45) is 7.37. The van der Waals surface area contributed by atoms with Crippen molar-refractivity contribution in [2.45, 2.75) is 63.2 Å². The average Bonchev–Trinajstić information content (AvgIpc) is 2.75. The molecule has 6 heteroatoms. The number of benzene rings is 2. The topological polar surface area (TPSA) is 59.6 Å². The highest BCUT2D eigenvalue weighted by Gasteiger charge is 2.44. The van der Waals surface area contributed by atoms with E-state index in [1.165, 1.54) is 12.0 Å². The average molecular weight is 441 g/mol. The van der Waals surface area contributed by atoms with Crippen molar-refractivity contribution in [1.29, 1.82) is 0 Å². The minimum atomic E-state index is -0.377. The van der Waals surface area contributed by atoms with E-state index >= 15 is 0 Å². The summed E-state index contributed by atoms with van der Waals surface area (Å²) in [6.45, 7) is 1.41. The minimum absolute atomic E-state index is 0.173. The summed E-state index contributed by atoms with van der Waals surface area (Å²) < 4.78 is 12.4. The van der Waals surface area contributed by atoms with Crippen molar-refractivity contribution in [3.63, 3.8) is 0 Å². The molecule has 5 rings (SSSR count). The van der Waals surface area contributed by atoms with Crippen LogP contribution in [0.1, 0.15) is 56.1 Å². The van der Waals surface area contributed by atoms with Gasteiger partial charge in [0.2, 0.25) is 0 Å². The van der Waals surface area contributed by atoms with E-state index in [0.717, 1.165) is 56.4 Å². The number of hydrogen-bond acceptors (Lipinski definition) is 3. The second-order valence-corrected chi connectivity index (χ2v) is 9.50. The number of nitrogens with one attached hydrogen (secondary N) is 2. The van der Waals surface area contributed by atoms with Crippen molar-refractivity contribution in [2.24, 2.45) is 5.92 Å². The summed E-state index contributed by atoms with van der Waals surface area (Å²) in [5.74, 6) is 1.38. The molecule has 2 N–H and O–H groups in total. The largest absolute Gasteiger partial charge is 0.490 e. The number of rotatable bonds is 6. The molecule has 2 aromatic carbocycles. The maximum atomic E-state index is 12.4. The first-order chi connectivity index (χ1) is 15.1. The molecule has 2 fully saturated rings. The first-order valence-electron chi connectivity index (χ1n) is 11.3. The molecular weight excluding hydrogens is 412 g/mol. The Balaban J connectivity index is 1.24. The lowest BCUT2D eigenvalue weighted by atomic mass is 9.74. The Bertz CT molecular complexity index is 937. The molecule has 1 aliphatic heterocycles. The van der Waals surface area contributed by atoms with Crippen LogP contribution in [-0.4, -0.2) is 18.7 Å². The molecular formula is C25H29ClN2O3. The lowest BCUT2D eigenvalue weighted by Gasteiger charge is -2.44. The van der Waals surface area contributed by atoms with Gasteiger partial charge in [-0.1, -0.05) is 61.2 Å². The van der Waals surface area contributed by atoms with Crippen molar-refractivity contribution in [3.8, 4) is 5.75 Å². The molecule has 2 saturated carbocycles. The number of carbonyl (C=O) groups excluding carboxylic acids is 1. The van der Waals surface area contributed by atoms with Crippen LogP contribution in [0.3, 0.4) is 0 Å². The van der Waals surface area contributed by atoms with Crippen LogP contribution in [0.25, 0.3) is 0 Å². The number of hydrogen-bond donors (Lipinski definition) is 2. The van der Waals surface area contributed by atoms with Crippen LogP contribution in [0.4, 0.5) is 10.5 Å². The molecule has 0 unspecified atom stereocenters. The number of halogens is 1. The highest BCUT2D eigenvalue weighted by molar-refractivity contribution is 6.34. The predicted molar refractivity (Wildman–Crippen MR) is 122 cm³/mol. The zero-order valence-corrected chi connectivity index (χ0v) is 18.4. The van der Waals surface area contributed by atoms with Crippen LogP contribution in [0.2, 0.25) is 5.02 Å². The van der Waals surface area contributed by atoms with Gasteiger partial charge in [0.15, 0.2) is 0 Å². The quantitative estimate of drug-likeness (QED) is 0.578. The SMILES string of the molecule is O=C1Nc2c(Cl)ccc(O[C@H]3C[C@@H](COCc4ccccc4)C3)c2C2(CCCCC2)N1. The third kappa shape index (κ3) is 4.26. The van der Waals surface area contributed by atoms with E-state index in [1.54, 1.807) is 0 Å². The van der Waals surface area contributed by atoms with Crippen LogP contribution in [0.5, 0.6) is 5.75 Å². The zero-order chi connectivity index (χ0) is 21.3. The highest BCUT2D eigenvalue weighted by Crippen LogP contribution is 2.50. The van der Waals surface area contributed by atoms with Crippen LogP contribution >= 0.6 is 11.6 Å². The van der Waals surface area contributed by atoms with Gasteiger partial charge < -0.3 is 20.1 Å². The van der Waals surface area contributed by atoms with Crippen molar-refractivity contribution in [2.75, 3.05) is 11.9 Å². The second-order valence-electron chi connectivity index (χ2n) is 9.10. The van der Waals surface area contributed by atoms with Gasteiger partial charge in [0, 0.05) is 5.56 Å². The summed E-state index contributed by atoms with van der Waals surface area (Å²) in [6, 6.07) is 13.9. The molecule has 0 bridgehead atoms. The fourth-order valence-electron chi connectivity index (χ4n) is 5.21. The maximum absolute atomic E-state index is 12.4. The summed E-state index contributed by atoms with van der Waals surface area (Å²) in [5.41, 5.74) is 2.57. The summed E-state index contributed by atoms with van der Waals surface area (Å²) in [4.78, 5) is 12.4. The molecule has 0 saturated heterocycles. The fourth-order valence-corrected chi connectivity index (χ4v) is 5.42. The zero-order valence-electron chi connectivity index (χ0n) is 17.7. The van der Waals surface area contributed by atoms with Crippen LogP contribution < -0.4 is 15.4 Å². The van der Waals surface area contributed by atoms with E-state index < -0.39 is 0 Å². The number of amides is 2. The lowest BCUT2D eigenvalue weighted by Crippen LogP contribution is -2.53. The molecule has 5 nitrogen and oxygen atoms in total.